The van der Waals surface area contributed by atoms with Crippen molar-refractivity contribution in [3.63, 3.8) is 0 Å². The van der Waals surface area contributed by atoms with Crippen LogP contribution in [0.5, 0.6) is 0 Å². The van der Waals surface area contributed by atoms with Crippen LogP contribution in [-0.2, 0) is 6.54 Å². The average molecular weight is 383 g/mol. The van der Waals surface area contributed by atoms with Gasteiger partial charge in [0.2, 0.25) is 0 Å². The normalized spacial score (nSPS) is 13.7. The van der Waals surface area contributed by atoms with E-state index in [1.807, 2.05) is 35.2 Å². The van der Waals surface area contributed by atoms with E-state index in [1.54, 1.807) is 18.3 Å². The van der Waals surface area contributed by atoms with Gasteiger partial charge in [0.25, 0.3) is 5.91 Å². The summed E-state index contributed by atoms with van der Waals surface area (Å²) in [5, 5.41) is 7.89. The van der Waals surface area contributed by atoms with Gasteiger partial charge in [-0.2, -0.15) is 0 Å². The molecule has 0 atom stereocenters. The van der Waals surface area contributed by atoms with Gasteiger partial charge in [0, 0.05) is 30.9 Å². The Balaban J connectivity index is 1.48. The molecule has 3 heterocycles. The van der Waals surface area contributed by atoms with E-state index in [4.69, 9.17) is 16.1 Å². The summed E-state index contributed by atoms with van der Waals surface area (Å²) >= 11 is 6.20. The van der Waals surface area contributed by atoms with Gasteiger partial charge in [0.1, 0.15) is 11.5 Å². The maximum Gasteiger partial charge on any atom is 0.257 e. The minimum absolute atomic E-state index is 0.0139. The summed E-state index contributed by atoms with van der Waals surface area (Å²) < 4.78 is 5.41. The summed E-state index contributed by atoms with van der Waals surface area (Å²) in [6.07, 6.45) is 3.78. The second-order valence-corrected chi connectivity index (χ2v) is 6.82. The van der Waals surface area contributed by atoms with Crippen LogP contribution in [0.15, 0.2) is 53.2 Å². The average Bonchev–Trinajstić information content (AvgIpc) is 3.39. The number of nitrogens with zero attached hydrogens (tertiary/aromatic N) is 3. The predicted molar refractivity (Wildman–Crippen MR) is 104 cm³/mol. The summed E-state index contributed by atoms with van der Waals surface area (Å²) in [5.74, 6) is 1.17. The number of rotatable bonds is 5. The number of likely N-dealkylation sites (tertiary alicyclic amines) is 1. The number of benzene rings is 1. The number of aromatic nitrogens is 2. The number of halogens is 1. The molecular formula is C20H19ClN4O2. The summed E-state index contributed by atoms with van der Waals surface area (Å²) in [6, 6.07) is 12.9. The molecule has 0 saturated carbocycles. The van der Waals surface area contributed by atoms with Gasteiger partial charge >= 0.3 is 0 Å². The lowest BCUT2D eigenvalue weighted by molar-refractivity contribution is 0.0793. The monoisotopic (exact) mass is 382 g/mol. The molecule has 1 aromatic carbocycles. The van der Waals surface area contributed by atoms with Crippen LogP contribution in [0.4, 0.5) is 5.82 Å². The highest BCUT2D eigenvalue weighted by atomic mass is 35.5. The molecule has 138 valence electrons. The molecule has 3 aromatic rings. The van der Waals surface area contributed by atoms with Crippen molar-refractivity contribution in [1.82, 2.24) is 15.0 Å². The van der Waals surface area contributed by atoms with Crippen molar-refractivity contribution in [2.75, 3.05) is 18.4 Å². The van der Waals surface area contributed by atoms with Gasteiger partial charge in [-0.25, -0.2) is 4.98 Å². The molecule has 27 heavy (non-hydrogen) atoms. The van der Waals surface area contributed by atoms with Gasteiger partial charge < -0.3 is 14.7 Å². The number of anilines is 1. The second kappa shape index (κ2) is 7.80. The van der Waals surface area contributed by atoms with Gasteiger partial charge in [-0.15, -0.1) is 0 Å². The highest BCUT2D eigenvalue weighted by Crippen LogP contribution is 2.28. The Kier molecular flexibility index (Phi) is 5.07. The van der Waals surface area contributed by atoms with E-state index in [0.717, 1.165) is 31.5 Å². The minimum atomic E-state index is 0.0139. The molecule has 1 fully saturated rings. The van der Waals surface area contributed by atoms with E-state index >= 15 is 0 Å². The smallest absolute Gasteiger partial charge is 0.257 e. The Bertz CT molecular complexity index is 950. The molecule has 0 unspecified atom stereocenters. The topological polar surface area (TPSA) is 71.3 Å². The lowest BCUT2D eigenvalue weighted by Crippen LogP contribution is -2.28. The quantitative estimate of drug-likeness (QED) is 0.714. The number of carbonyl (C=O) groups excluding carboxylic acids is 1. The van der Waals surface area contributed by atoms with Crippen molar-refractivity contribution in [3.8, 4) is 11.3 Å². The first kappa shape index (κ1) is 17.5. The van der Waals surface area contributed by atoms with Crippen molar-refractivity contribution in [3.05, 3.63) is 64.9 Å². The van der Waals surface area contributed by atoms with Gasteiger partial charge in [0.15, 0.2) is 5.76 Å². The van der Waals surface area contributed by atoms with Crippen LogP contribution >= 0.6 is 11.6 Å². The SMILES string of the molecule is O=C(c1cccnc1NCc1cc(-c2ccccc2Cl)on1)N1CCCC1. The number of pyridine rings is 1. The first-order valence-electron chi connectivity index (χ1n) is 8.91. The second-order valence-electron chi connectivity index (χ2n) is 6.41. The molecule has 0 aliphatic carbocycles. The highest BCUT2D eigenvalue weighted by Gasteiger charge is 2.22. The van der Waals surface area contributed by atoms with Gasteiger partial charge in [-0.3, -0.25) is 4.79 Å². The van der Waals surface area contributed by atoms with E-state index in [2.05, 4.69) is 15.5 Å². The Morgan fingerprint density at radius 1 is 1.19 bits per heavy atom. The number of carbonyl (C=O) groups is 1. The molecule has 1 saturated heterocycles. The Hall–Kier alpha value is -2.86. The summed E-state index contributed by atoms with van der Waals surface area (Å²) in [7, 11) is 0. The zero-order chi connectivity index (χ0) is 18.6. The van der Waals surface area contributed by atoms with Gasteiger partial charge in [-0.1, -0.05) is 28.9 Å². The van der Waals surface area contributed by atoms with Gasteiger partial charge in [-0.05, 0) is 37.1 Å². The molecule has 7 heteroatoms. The molecule has 0 radical (unpaired) electrons. The van der Waals surface area contributed by atoms with Crippen LogP contribution in [0.3, 0.4) is 0 Å². The fraction of sp³-hybridized carbons (Fsp3) is 0.250. The van der Waals surface area contributed by atoms with Crippen molar-refractivity contribution in [2.24, 2.45) is 0 Å². The van der Waals surface area contributed by atoms with Crippen LogP contribution in [0, 0.1) is 0 Å². The fourth-order valence-electron chi connectivity index (χ4n) is 3.17. The molecule has 4 rings (SSSR count). The molecule has 1 N–H and O–H groups in total. The van der Waals surface area contributed by atoms with Crippen LogP contribution in [0.25, 0.3) is 11.3 Å². The third-order valence-corrected chi connectivity index (χ3v) is 4.90. The molecule has 1 aliphatic heterocycles. The maximum atomic E-state index is 12.7. The zero-order valence-electron chi connectivity index (χ0n) is 14.7. The number of amides is 1. The first-order valence-corrected chi connectivity index (χ1v) is 9.29. The Morgan fingerprint density at radius 3 is 2.81 bits per heavy atom. The van der Waals surface area contributed by atoms with E-state index in [9.17, 15) is 4.79 Å². The van der Waals surface area contributed by atoms with Crippen LogP contribution < -0.4 is 5.32 Å². The first-order chi connectivity index (χ1) is 13.2. The standard InChI is InChI=1S/C20H19ClN4O2/c21-17-8-2-1-6-15(17)18-12-14(24-27-18)13-23-19-16(7-5-9-22-19)20(26)25-10-3-4-11-25/h1-2,5-9,12H,3-4,10-11,13H2,(H,22,23). The number of nitrogens with one attached hydrogen (secondary N) is 1. The van der Waals surface area contributed by atoms with Crippen molar-refractivity contribution in [2.45, 2.75) is 19.4 Å². The van der Waals surface area contributed by atoms with E-state index in [-0.39, 0.29) is 5.91 Å². The summed E-state index contributed by atoms with van der Waals surface area (Å²) in [4.78, 5) is 18.9. The van der Waals surface area contributed by atoms with E-state index < -0.39 is 0 Å². The largest absolute Gasteiger partial charge is 0.364 e. The number of hydrogen-bond donors (Lipinski definition) is 1. The van der Waals surface area contributed by atoms with Crippen LogP contribution in [0.1, 0.15) is 28.9 Å². The molecule has 1 amide bonds. The number of hydrogen-bond acceptors (Lipinski definition) is 5. The van der Waals surface area contributed by atoms with Crippen molar-refractivity contribution in [1.29, 1.82) is 0 Å². The summed E-state index contributed by atoms with van der Waals surface area (Å²) in [6.45, 7) is 2.00. The molecule has 0 bridgehead atoms. The minimum Gasteiger partial charge on any atom is -0.364 e. The third-order valence-electron chi connectivity index (χ3n) is 4.57. The predicted octanol–water partition coefficient (Wildman–Crippen LogP) is 4.24. The Labute approximate surface area is 162 Å². The Morgan fingerprint density at radius 2 is 2.00 bits per heavy atom. The van der Waals surface area contributed by atoms with Gasteiger partial charge in [0.05, 0.1) is 17.1 Å². The molecule has 6 nitrogen and oxygen atoms in total. The highest BCUT2D eigenvalue weighted by molar-refractivity contribution is 6.33. The maximum absolute atomic E-state index is 12.7. The molecule has 0 spiro atoms. The van der Waals surface area contributed by atoms with E-state index in [1.165, 1.54) is 0 Å². The van der Waals surface area contributed by atoms with Crippen LogP contribution in [0.2, 0.25) is 5.02 Å². The zero-order valence-corrected chi connectivity index (χ0v) is 15.4. The summed E-state index contributed by atoms with van der Waals surface area (Å²) in [5.41, 5.74) is 2.07. The van der Waals surface area contributed by atoms with Crippen LogP contribution in [-0.4, -0.2) is 34.0 Å². The lowest BCUT2D eigenvalue weighted by atomic mass is 10.1. The van der Waals surface area contributed by atoms with E-state index in [0.29, 0.717) is 34.4 Å². The molecule has 1 aliphatic rings. The molecular weight excluding hydrogens is 364 g/mol. The molecule has 2 aromatic heterocycles. The van der Waals surface area contributed by atoms with Crippen molar-refractivity contribution < 1.29 is 9.32 Å². The van der Waals surface area contributed by atoms with Crippen molar-refractivity contribution >= 4 is 23.3 Å². The fourth-order valence-corrected chi connectivity index (χ4v) is 3.40. The third kappa shape index (κ3) is 3.80. The lowest BCUT2D eigenvalue weighted by Gasteiger charge is -2.17.